The van der Waals surface area contributed by atoms with Gasteiger partial charge in [-0.1, -0.05) is 48.0 Å². The normalized spacial score (nSPS) is 12.5. The molecule has 0 unspecified atom stereocenters. The van der Waals surface area contributed by atoms with Crippen LogP contribution in [0.4, 0.5) is 0 Å². The predicted molar refractivity (Wildman–Crippen MR) is 98.3 cm³/mol. The van der Waals surface area contributed by atoms with Crippen LogP contribution in [0.15, 0.2) is 54.6 Å². The second kappa shape index (κ2) is 7.71. The Labute approximate surface area is 149 Å². The Hall–Kier alpha value is -2.00. The van der Waals surface area contributed by atoms with Gasteiger partial charge in [0, 0.05) is 17.1 Å². The molecular formula is C20H24ClNO2. The van der Waals surface area contributed by atoms with Gasteiger partial charge in [0.1, 0.15) is 5.75 Å². The van der Waals surface area contributed by atoms with Gasteiger partial charge in [0.05, 0.1) is 0 Å². The van der Waals surface area contributed by atoms with Crippen LogP contribution in [-0.2, 0) is 11.3 Å². The number of nitrogens with zero attached hydrogens (tertiary/aromatic N) is 1. The fourth-order valence-electron chi connectivity index (χ4n) is 2.43. The number of ether oxygens (including phenoxy) is 1. The van der Waals surface area contributed by atoms with Gasteiger partial charge in [-0.3, -0.25) is 4.79 Å². The summed E-state index contributed by atoms with van der Waals surface area (Å²) in [6.07, 6.45) is -0.591. The molecule has 0 saturated heterocycles. The maximum atomic E-state index is 13.0. The SMILES string of the molecule is C[C@H](Oc1cccc(Cl)c1)C(=O)N(Cc1ccccc1)C(C)(C)C. The van der Waals surface area contributed by atoms with Crippen LogP contribution < -0.4 is 4.74 Å². The topological polar surface area (TPSA) is 29.5 Å². The highest BCUT2D eigenvalue weighted by molar-refractivity contribution is 6.30. The van der Waals surface area contributed by atoms with E-state index >= 15 is 0 Å². The number of benzene rings is 2. The smallest absolute Gasteiger partial charge is 0.264 e. The van der Waals surface area contributed by atoms with Gasteiger partial charge >= 0.3 is 0 Å². The first-order valence-electron chi connectivity index (χ1n) is 8.05. The number of rotatable bonds is 5. The van der Waals surface area contributed by atoms with Crippen molar-refractivity contribution >= 4 is 17.5 Å². The molecule has 2 aromatic carbocycles. The molecule has 128 valence electrons. The van der Waals surface area contributed by atoms with Gasteiger partial charge in [-0.05, 0) is 51.5 Å². The molecule has 0 aliphatic rings. The fourth-order valence-corrected chi connectivity index (χ4v) is 2.61. The lowest BCUT2D eigenvalue weighted by Gasteiger charge is -2.37. The quantitative estimate of drug-likeness (QED) is 0.768. The van der Waals surface area contributed by atoms with Crippen molar-refractivity contribution in [3.8, 4) is 5.75 Å². The van der Waals surface area contributed by atoms with E-state index in [4.69, 9.17) is 16.3 Å². The van der Waals surface area contributed by atoms with Gasteiger partial charge in [0.15, 0.2) is 6.10 Å². The summed E-state index contributed by atoms with van der Waals surface area (Å²) in [6.45, 7) is 8.40. The van der Waals surface area contributed by atoms with Crippen LogP contribution in [0.25, 0.3) is 0 Å². The van der Waals surface area contributed by atoms with Gasteiger partial charge in [0.25, 0.3) is 5.91 Å². The molecule has 0 fully saturated rings. The molecule has 0 heterocycles. The number of carbonyl (C=O) groups excluding carboxylic acids is 1. The first-order valence-corrected chi connectivity index (χ1v) is 8.43. The number of carbonyl (C=O) groups is 1. The lowest BCUT2D eigenvalue weighted by Crippen LogP contribution is -2.50. The fraction of sp³-hybridized carbons (Fsp3) is 0.350. The van der Waals surface area contributed by atoms with Crippen molar-refractivity contribution in [3.05, 3.63) is 65.2 Å². The summed E-state index contributed by atoms with van der Waals surface area (Å²) in [4.78, 5) is 14.8. The van der Waals surface area contributed by atoms with Crippen LogP contribution in [0.3, 0.4) is 0 Å². The molecule has 0 radical (unpaired) electrons. The molecule has 2 rings (SSSR count). The lowest BCUT2D eigenvalue weighted by atomic mass is 10.0. The minimum atomic E-state index is -0.591. The van der Waals surface area contributed by atoms with Crippen molar-refractivity contribution in [2.45, 2.75) is 45.9 Å². The second-order valence-corrected chi connectivity index (χ2v) is 7.23. The monoisotopic (exact) mass is 345 g/mol. The van der Waals surface area contributed by atoms with Crippen molar-refractivity contribution in [2.24, 2.45) is 0 Å². The molecule has 0 saturated carbocycles. The van der Waals surface area contributed by atoms with Gasteiger partial charge in [0.2, 0.25) is 0 Å². The Morgan fingerprint density at radius 1 is 1.12 bits per heavy atom. The summed E-state index contributed by atoms with van der Waals surface area (Å²) < 4.78 is 5.80. The first-order chi connectivity index (χ1) is 11.3. The average molecular weight is 346 g/mol. The van der Waals surface area contributed by atoms with Gasteiger partial charge in [-0.2, -0.15) is 0 Å². The Bertz CT molecular complexity index is 680. The lowest BCUT2D eigenvalue weighted by molar-refractivity contribution is -0.143. The van der Waals surface area contributed by atoms with E-state index in [2.05, 4.69) is 0 Å². The highest BCUT2D eigenvalue weighted by Crippen LogP contribution is 2.22. The van der Waals surface area contributed by atoms with Crippen LogP contribution in [0, 0.1) is 0 Å². The molecule has 1 amide bonds. The zero-order valence-electron chi connectivity index (χ0n) is 14.6. The number of hydrogen-bond acceptors (Lipinski definition) is 2. The van der Waals surface area contributed by atoms with Crippen LogP contribution in [0.5, 0.6) is 5.75 Å². The number of halogens is 1. The number of amides is 1. The van der Waals surface area contributed by atoms with E-state index in [1.165, 1.54) is 0 Å². The Balaban J connectivity index is 2.15. The molecule has 0 aliphatic carbocycles. The molecule has 0 spiro atoms. The molecule has 0 bridgehead atoms. The maximum absolute atomic E-state index is 13.0. The van der Waals surface area contributed by atoms with E-state index in [0.29, 0.717) is 17.3 Å². The zero-order valence-corrected chi connectivity index (χ0v) is 15.4. The third kappa shape index (κ3) is 5.00. The largest absolute Gasteiger partial charge is 0.481 e. The summed E-state index contributed by atoms with van der Waals surface area (Å²) in [5.74, 6) is 0.545. The first kappa shape index (κ1) is 18.3. The van der Waals surface area contributed by atoms with Crippen molar-refractivity contribution < 1.29 is 9.53 Å². The Morgan fingerprint density at radius 3 is 2.38 bits per heavy atom. The van der Waals surface area contributed by atoms with Crippen LogP contribution in [0.1, 0.15) is 33.3 Å². The predicted octanol–water partition coefficient (Wildman–Crippen LogP) is 4.93. The molecule has 3 nitrogen and oxygen atoms in total. The molecule has 4 heteroatoms. The average Bonchev–Trinajstić information content (AvgIpc) is 2.52. The van der Waals surface area contributed by atoms with Crippen molar-refractivity contribution in [1.82, 2.24) is 4.90 Å². The van der Waals surface area contributed by atoms with Crippen molar-refractivity contribution in [3.63, 3.8) is 0 Å². The molecule has 24 heavy (non-hydrogen) atoms. The summed E-state index contributed by atoms with van der Waals surface area (Å²) >= 11 is 5.97. The molecule has 0 N–H and O–H groups in total. The Morgan fingerprint density at radius 2 is 1.79 bits per heavy atom. The van der Waals surface area contributed by atoms with Crippen molar-refractivity contribution in [1.29, 1.82) is 0 Å². The van der Waals surface area contributed by atoms with E-state index < -0.39 is 6.10 Å². The third-order valence-electron chi connectivity index (χ3n) is 3.72. The molecule has 0 aromatic heterocycles. The molecular weight excluding hydrogens is 322 g/mol. The van der Waals surface area contributed by atoms with Crippen molar-refractivity contribution in [2.75, 3.05) is 0 Å². The summed E-state index contributed by atoms with van der Waals surface area (Å²) in [5.41, 5.74) is 0.787. The minimum Gasteiger partial charge on any atom is -0.481 e. The van der Waals surface area contributed by atoms with E-state index in [1.54, 1.807) is 31.2 Å². The van der Waals surface area contributed by atoms with E-state index in [9.17, 15) is 4.79 Å². The van der Waals surface area contributed by atoms with Gasteiger partial charge in [-0.25, -0.2) is 0 Å². The Kier molecular flexibility index (Phi) is 5.89. The standard InChI is InChI=1S/C20H24ClNO2/c1-15(24-18-12-8-11-17(21)13-18)19(23)22(20(2,3)4)14-16-9-6-5-7-10-16/h5-13,15H,14H2,1-4H3/t15-/m0/s1. The number of hydrogen-bond donors (Lipinski definition) is 0. The maximum Gasteiger partial charge on any atom is 0.264 e. The summed E-state index contributed by atoms with van der Waals surface area (Å²) in [7, 11) is 0. The molecule has 0 aliphatic heterocycles. The summed E-state index contributed by atoms with van der Waals surface area (Å²) in [6, 6.07) is 17.1. The summed E-state index contributed by atoms with van der Waals surface area (Å²) in [5, 5.41) is 0.587. The van der Waals surface area contributed by atoms with Crippen LogP contribution >= 0.6 is 11.6 Å². The second-order valence-electron chi connectivity index (χ2n) is 6.80. The van der Waals surface area contributed by atoms with Gasteiger partial charge in [-0.15, -0.1) is 0 Å². The molecule has 2 aromatic rings. The highest BCUT2D eigenvalue weighted by Gasteiger charge is 2.30. The van der Waals surface area contributed by atoms with E-state index in [-0.39, 0.29) is 11.4 Å². The zero-order chi connectivity index (χ0) is 17.7. The van der Waals surface area contributed by atoms with Gasteiger partial charge < -0.3 is 9.64 Å². The van der Waals surface area contributed by atoms with Crippen LogP contribution in [0.2, 0.25) is 5.02 Å². The third-order valence-corrected chi connectivity index (χ3v) is 3.95. The van der Waals surface area contributed by atoms with E-state index in [1.807, 2.05) is 56.0 Å². The highest BCUT2D eigenvalue weighted by atomic mass is 35.5. The molecule has 1 atom stereocenters. The minimum absolute atomic E-state index is 0.0497. The van der Waals surface area contributed by atoms with E-state index in [0.717, 1.165) is 5.56 Å². The van der Waals surface area contributed by atoms with Crippen LogP contribution in [-0.4, -0.2) is 22.4 Å².